The van der Waals surface area contributed by atoms with Crippen molar-refractivity contribution in [3.05, 3.63) is 18.1 Å². The van der Waals surface area contributed by atoms with Crippen LogP contribution in [0.25, 0.3) is 0 Å². The Morgan fingerprint density at radius 2 is 2.22 bits per heavy atom. The van der Waals surface area contributed by atoms with Crippen LogP contribution in [0.3, 0.4) is 0 Å². The molecule has 1 aliphatic heterocycles. The van der Waals surface area contributed by atoms with E-state index in [0.29, 0.717) is 6.42 Å². The predicted molar refractivity (Wildman–Crippen MR) is 65.6 cm³/mol. The van der Waals surface area contributed by atoms with Crippen LogP contribution in [0.1, 0.15) is 23.8 Å². The Labute approximate surface area is 105 Å². The van der Waals surface area contributed by atoms with Crippen LogP contribution >= 0.6 is 0 Å². The van der Waals surface area contributed by atoms with Crippen molar-refractivity contribution in [2.45, 2.75) is 18.9 Å². The number of hydrogen-bond donors (Lipinski definition) is 2. The minimum absolute atomic E-state index is 0.0541. The maximum atomic E-state index is 11.9. The van der Waals surface area contributed by atoms with E-state index >= 15 is 0 Å². The molecule has 2 rings (SSSR count). The van der Waals surface area contributed by atoms with E-state index in [1.807, 2.05) is 0 Å². The molecule has 1 aromatic heterocycles. The van der Waals surface area contributed by atoms with E-state index in [1.165, 1.54) is 12.4 Å². The highest BCUT2D eigenvalue weighted by atomic mass is 32.2. The molecule has 7 nitrogen and oxygen atoms in total. The van der Waals surface area contributed by atoms with Gasteiger partial charge >= 0.3 is 0 Å². The molecule has 0 spiro atoms. The number of aromatic nitrogens is 2. The first kappa shape index (κ1) is 12.7. The zero-order valence-electron chi connectivity index (χ0n) is 9.88. The number of nitrogens with zero attached hydrogens (tertiary/aromatic N) is 2. The van der Waals surface area contributed by atoms with Crippen molar-refractivity contribution in [2.75, 3.05) is 17.2 Å². The number of nitrogens with one attached hydrogen (secondary N) is 1. The first-order valence-electron chi connectivity index (χ1n) is 5.40. The molecule has 1 atom stereocenters. The fraction of sp³-hybridized carbons (Fsp3) is 0.500. The third-order valence-electron chi connectivity index (χ3n) is 2.80. The molecule has 3 N–H and O–H groups in total. The zero-order valence-corrected chi connectivity index (χ0v) is 10.7. The number of nitrogen functional groups attached to an aromatic ring is 1. The van der Waals surface area contributed by atoms with Gasteiger partial charge in [0.05, 0.1) is 29.4 Å². The van der Waals surface area contributed by atoms with E-state index in [9.17, 15) is 13.2 Å². The smallest absolute Gasteiger partial charge is 0.272 e. The van der Waals surface area contributed by atoms with Gasteiger partial charge in [-0.25, -0.2) is 13.4 Å². The van der Waals surface area contributed by atoms with E-state index in [2.05, 4.69) is 15.3 Å². The van der Waals surface area contributed by atoms with Gasteiger partial charge in [-0.2, -0.15) is 0 Å². The topological polar surface area (TPSA) is 115 Å². The second-order valence-electron chi connectivity index (χ2n) is 4.69. The molecule has 1 unspecified atom stereocenters. The Morgan fingerprint density at radius 1 is 1.50 bits per heavy atom. The van der Waals surface area contributed by atoms with Crippen molar-refractivity contribution < 1.29 is 13.2 Å². The quantitative estimate of drug-likeness (QED) is 0.739. The van der Waals surface area contributed by atoms with Gasteiger partial charge in [0.25, 0.3) is 5.91 Å². The molecule has 98 valence electrons. The Morgan fingerprint density at radius 3 is 2.78 bits per heavy atom. The summed E-state index contributed by atoms with van der Waals surface area (Å²) in [7, 11) is -3.07. The average Bonchev–Trinajstić information content (AvgIpc) is 2.52. The molecule has 1 fully saturated rings. The van der Waals surface area contributed by atoms with Crippen molar-refractivity contribution in [2.24, 2.45) is 0 Å². The first-order valence-corrected chi connectivity index (χ1v) is 7.22. The number of rotatable bonds is 2. The molecule has 0 radical (unpaired) electrons. The summed E-state index contributed by atoms with van der Waals surface area (Å²) < 4.78 is 22.8. The van der Waals surface area contributed by atoms with Gasteiger partial charge in [0.15, 0.2) is 9.84 Å². The van der Waals surface area contributed by atoms with Crippen LogP contribution in [0.15, 0.2) is 12.4 Å². The van der Waals surface area contributed by atoms with E-state index in [-0.39, 0.29) is 23.0 Å². The summed E-state index contributed by atoms with van der Waals surface area (Å²) in [6.07, 6.45) is 3.02. The first-order chi connectivity index (χ1) is 8.30. The van der Waals surface area contributed by atoms with E-state index in [1.54, 1.807) is 6.92 Å². The molecule has 1 aromatic rings. The van der Waals surface area contributed by atoms with Gasteiger partial charge in [-0.3, -0.25) is 9.78 Å². The lowest BCUT2D eigenvalue weighted by molar-refractivity contribution is 0.0910. The van der Waals surface area contributed by atoms with Crippen LogP contribution in [0.5, 0.6) is 0 Å². The van der Waals surface area contributed by atoms with E-state index in [0.717, 1.165) is 0 Å². The summed E-state index contributed by atoms with van der Waals surface area (Å²) in [6, 6.07) is 0. The van der Waals surface area contributed by atoms with Gasteiger partial charge in [-0.1, -0.05) is 0 Å². The third kappa shape index (κ3) is 2.76. The Balaban J connectivity index is 2.13. The molecular weight excluding hydrogens is 256 g/mol. The summed E-state index contributed by atoms with van der Waals surface area (Å²) in [4.78, 5) is 19.5. The van der Waals surface area contributed by atoms with Crippen LogP contribution in [0.4, 0.5) is 5.82 Å². The van der Waals surface area contributed by atoms with Gasteiger partial charge < -0.3 is 11.1 Å². The lowest BCUT2D eigenvalue weighted by Gasteiger charge is -2.23. The number of nitrogens with two attached hydrogens (primary N) is 1. The summed E-state index contributed by atoms with van der Waals surface area (Å²) in [5.74, 6) is -0.283. The fourth-order valence-electron chi connectivity index (χ4n) is 1.94. The van der Waals surface area contributed by atoms with Gasteiger partial charge in [0.2, 0.25) is 0 Å². The lowest BCUT2D eigenvalue weighted by Crippen LogP contribution is -2.47. The second kappa shape index (κ2) is 4.20. The van der Waals surface area contributed by atoms with Crippen LogP contribution in [0.2, 0.25) is 0 Å². The average molecular weight is 270 g/mol. The molecule has 2 heterocycles. The zero-order chi connectivity index (χ0) is 13.4. The number of sulfone groups is 1. The van der Waals surface area contributed by atoms with E-state index < -0.39 is 21.3 Å². The van der Waals surface area contributed by atoms with Crippen molar-refractivity contribution in [3.63, 3.8) is 0 Å². The molecule has 0 aliphatic carbocycles. The molecule has 0 saturated carbocycles. The summed E-state index contributed by atoms with van der Waals surface area (Å²) in [6.45, 7) is 1.70. The maximum Gasteiger partial charge on any atom is 0.272 e. The highest BCUT2D eigenvalue weighted by Gasteiger charge is 2.39. The van der Waals surface area contributed by atoms with Crippen molar-refractivity contribution in [1.82, 2.24) is 15.3 Å². The number of amides is 1. The fourth-order valence-corrected chi connectivity index (χ4v) is 4.03. The minimum Gasteiger partial charge on any atom is -0.382 e. The molecular formula is C10H14N4O3S. The molecule has 1 aliphatic rings. The highest BCUT2D eigenvalue weighted by molar-refractivity contribution is 7.91. The van der Waals surface area contributed by atoms with Crippen LogP contribution in [-0.2, 0) is 9.84 Å². The van der Waals surface area contributed by atoms with Gasteiger partial charge in [0, 0.05) is 0 Å². The van der Waals surface area contributed by atoms with Gasteiger partial charge in [-0.15, -0.1) is 0 Å². The summed E-state index contributed by atoms with van der Waals surface area (Å²) >= 11 is 0. The molecule has 18 heavy (non-hydrogen) atoms. The predicted octanol–water partition coefficient (Wildman–Crippen LogP) is -0.634. The molecule has 0 aromatic carbocycles. The normalized spacial score (nSPS) is 25.8. The highest BCUT2D eigenvalue weighted by Crippen LogP contribution is 2.23. The summed E-state index contributed by atoms with van der Waals surface area (Å²) in [5.41, 5.74) is 4.77. The summed E-state index contributed by atoms with van der Waals surface area (Å²) in [5, 5.41) is 2.68. The van der Waals surface area contributed by atoms with Gasteiger partial charge in [-0.05, 0) is 13.3 Å². The third-order valence-corrected chi connectivity index (χ3v) is 4.71. The molecule has 8 heteroatoms. The SMILES string of the molecule is CC1(NC(=O)c2cncc(N)n2)CCS(=O)(=O)C1. The molecule has 0 bridgehead atoms. The van der Waals surface area contributed by atoms with E-state index in [4.69, 9.17) is 5.73 Å². The number of anilines is 1. The number of carbonyl (C=O) groups excluding carboxylic acids is 1. The second-order valence-corrected chi connectivity index (χ2v) is 6.87. The number of hydrogen-bond acceptors (Lipinski definition) is 6. The standard InChI is InChI=1S/C10H14N4O3S/c1-10(2-3-18(16,17)6-10)14-9(15)7-4-12-5-8(11)13-7/h4-5H,2-3,6H2,1H3,(H2,11,13)(H,14,15). The maximum absolute atomic E-state index is 11.9. The van der Waals surface area contributed by atoms with Crippen LogP contribution < -0.4 is 11.1 Å². The monoisotopic (exact) mass is 270 g/mol. The van der Waals surface area contributed by atoms with Crippen LogP contribution in [-0.4, -0.2) is 41.3 Å². The van der Waals surface area contributed by atoms with Crippen molar-refractivity contribution in [1.29, 1.82) is 0 Å². The largest absolute Gasteiger partial charge is 0.382 e. The van der Waals surface area contributed by atoms with Crippen molar-refractivity contribution in [3.8, 4) is 0 Å². The van der Waals surface area contributed by atoms with Crippen LogP contribution in [0, 0.1) is 0 Å². The van der Waals surface area contributed by atoms with Gasteiger partial charge in [0.1, 0.15) is 11.5 Å². The van der Waals surface area contributed by atoms with Crippen molar-refractivity contribution >= 4 is 21.6 Å². The molecule has 1 saturated heterocycles. The number of carbonyl (C=O) groups is 1. The Hall–Kier alpha value is -1.70. The minimum atomic E-state index is -3.07. The lowest BCUT2D eigenvalue weighted by atomic mass is 10.0. The Bertz CT molecular complexity index is 587. The molecule has 1 amide bonds. The Kier molecular flexibility index (Phi) is 2.97.